The molecule has 7 heteroatoms. The summed E-state index contributed by atoms with van der Waals surface area (Å²) >= 11 is 12.2. The van der Waals surface area contributed by atoms with E-state index >= 15 is 0 Å². The number of ether oxygens (including phenoxy) is 1. The molecule has 0 saturated heterocycles. The standard InChI is InChI=1S/C17H18Cl2N2O3/c1-2-7-24-17-14(13-4-3-12(18)9-15(13)19)8-11(10-21-17)16(23)20-5-6-22/h3-4,8-10,22H,2,5-7H2,1H3,(H,20,23). The van der Waals surface area contributed by atoms with Crippen molar-refractivity contribution >= 4 is 29.1 Å². The highest BCUT2D eigenvalue weighted by molar-refractivity contribution is 6.36. The quantitative estimate of drug-likeness (QED) is 0.783. The molecule has 0 aliphatic carbocycles. The minimum atomic E-state index is -0.329. The van der Waals surface area contributed by atoms with Gasteiger partial charge >= 0.3 is 0 Å². The van der Waals surface area contributed by atoms with Gasteiger partial charge in [-0.2, -0.15) is 0 Å². The molecule has 0 aliphatic heterocycles. The van der Waals surface area contributed by atoms with Gasteiger partial charge < -0.3 is 15.2 Å². The van der Waals surface area contributed by atoms with E-state index in [1.165, 1.54) is 6.20 Å². The number of aliphatic hydroxyl groups is 1. The zero-order chi connectivity index (χ0) is 17.5. The van der Waals surface area contributed by atoms with Crippen LogP contribution in [0.15, 0.2) is 30.5 Å². The maximum Gasteiger partial charge on any atom is 0.252 e. The molecule has 2 aromatic rings. The van der Waals surface area contributed by atoms with E-state index in [1.807, 2.05) is 6.92 Å². The third kappa shape index (κ3) is 4.60. The number of amides is 1. The van der Waals surface area contributed by atoms with Gasteiger partial charge in [-0.1, -0.05) is 36.2 Å². The number of aromatic nitrogens is 1. The van der Waals surface area contributed by atoms with Crippen molar-refractivity contribution in [2.24, 2.45) is 0 Å². The number of nitrogens with one attached hydrogen (secondary N) is 1. The predicted molar refractivity (Wildman–Crippen MR) is 94.9 cm³/mol. The largest absolute Gasteiger partial charge is 0.477 e. The highest BCUT2D eigenvalue weighted by Crippen LogP contribution is 2.35. The number of rotatable bonds is 7. The van der Waals surface area contributed by atoms with Crippen molar-refractivity contribution in [1.82, 2.24) is 10.3 Å². The molecular formula is C17H18Cl2N2O3. The van der Waals surface area contributed by atoms with Crippen molar-refractivity contribution in [2.75, 3.05) is 19.8 Å². The molecule has 1 heterocycles. The van der Waals surface area contributed by atoms with E-state index in [0.29, 0.717) is 39.2 Å². The number of aliphatic hydroxyl groups excluding tert-OH is 1. The monoisotopic (exact) mass is 368 g/mol. The minimum absolute atomic E-state index is 0.132. The molecular weight excluding hydrogens is 351 g/mol. The van der Waals surface area contributed by atoms with Crippen LogP contribution < -0.4 is 10.1 Å². The molecule has 1 aromatic carbocycles. The summed E-state index contributed by atoms with van der Waals surface area (Å²) in [6, 6.07) is 6.77. The van der Waals surface area contributed by atoms with Crippen molar-refractivity contribution in [1.29, 1.82) is 0 Å². The third-order valence-electron chi connectivity index (χ3n) is 3.17. The smallest absolute Gasteiger partial charge is 0.252 e. The van der Waals surface area contributed by atoms with Gasteiger partial charge in [-0.3, -0.25) is 4.79 Å². The maximum absolute atomic E-state index is 12.1. The molecule has 0 saturated carbocycles. The Labute approximate surface area is 150 Å². The van der Waals surface area contributed by atoms with E-state index in [1.54, 1.807) is 24.3 Å². The predicted octanol–water partition coefficient (Wildman–Crippen LogP) is 3.57. The second-order valence-corrected chi connectivity index (χ2v) is 5.87. The number of halogens is 2. The zero-order valence-corrected chi connectivity index (χ0v) is 14.7. The molecule has 5 nitrogen and oxygen atoms in total. The van der Waals surface area contributed by atoms with Gasteiger partial charge in [0.1, 0.15) is 0 Å². The molecule has 0 unspecified atom stereocenters. The molecule has 0 bridgehead atoms. The Kier molecular flexibility index (Phi) is 6.85. The fraction of sp³-hybridized carbons (Fsp3) is 0.294. The van der Waals surface area contributed by atoms with Crippen molar-refractivity contribution < 1.29 is 14.6 Å². The van der Waals surface area contributed by atoms with Crippen LogP contribution in [0, 0.1) is 0 Å². The van der Waals surface area contributed by atoms with Crippen LogP contribution in [0.3, 0.4) is 0 Å². The first-order valence-electron chi connectivity index (χ1n) is 7.54. The van der Waals surface area contributed by atoms with Crippen molar-refractivity contribution in [3.05, 3.63) is 46.1 Å². The Hall–Kier alpha value is -1.82. The highest BCUT2D eigenvalue weighted by atomic mass is 35.5. The van der Waals surface area contributed by atoms with Crippen LogP contribution in [0.5, 0.6) is 5.88 Å². The lowest BCUT2D eigenvalue weighted by molar-refractivity contribution is 0.0944. The number of hydrogen-bond donors (Lipinski definition) is 2. The number of hydrogen-bond acceptors (Lipinski definition) is 4. The van der Waals surface area contributed by atoms with Gasteiger partial charge in [-0.15, -0.1) is 0 Å². The Bertz CT molecular complexity index is 723. The van der Waals surface area contributed by atoms with Crippen LogP contribution in [0.2, 0.25) is 10.0 Å². The molecule has 0 spiro atoms. The maximum atomic E-state index is 12.1. The summed E-state index contributed by atoms with van der Waals surface area (Å²) in [5, 5.41) is 12.4. The number of carbonyl (C=O) groups excluding carboxylic acids is 1. The number of pyridine rings is 1. The first-order chi connectivity index (χ1) is 11.6. The highest BCUT2D eigenvalue weighted by Gasteiger charge is 2.16. The average Bonchev–Trinajstić information content (AvgIpc) is 2.58. The van der Waals surface area contributed by atoms with E-state index < -0.39 is 0 Å². The number of benzene rings is 1. The van der Waals surface area contributed by atoms with Gasteiger partial charge in [0.2, 0.25) is 5.88 Å². The summed E-state index contributed by atoms with van der Waals surface area (Å²) in [5.41, 5.74) is 1.64. The number of carbonyl (C=O) groups is 1. The second-order valence-electron chi connectivity index (χ2n) is 5.03. The normalized spacial score (nSPS) is 10.5. The lowest BCUT2D eigenvalue weighted by Gasteiger charge is -2.13. The van der Waals surface area contributed by atoms with Gasteiger partial charge in [-0.05, 0) is 24.6 Å². The summed E-state index contributed by atoms with van der Waals surface area (Å²) in [5.74, 6) is 0.0738. The summed E-state index contributed by atoms with van der Waals surface area (Å²) < 4.78 is 5.67. The molecule has 2 N–H and O–H groups in total. The Morgan fingerprint density at radius 3 is 2.75 bits per heavy atom. The van der Waals surface area contributed by atoms with E-state index in [9.17, 15) is 4.79 Å². The SMILES string of the molecule is CCCOc1ncc(C(=O)NCCO)cc1-c1ccc(Cl)cc1Cl. The number of nitrogens with zero attached hydrogens (tertiary/aromatic N) is 1. The average molecular weight is 369 g/mol. The van der Waals surface area contributed by atoms with Crippen molar-refractivity contribution in [3.8, 4) is 17.0 Å². The van der Waals surface area contributed by atoms with E-state index in [2.05, 4.69) is 10.3 Å². The Morgan fingerprint density at radius 1 is 1.29 bits per heavy atom. The molecule has 0 atom stereocenters. The van der Waals surface area contributed by atoms with Crippen molar-refractivity contribution in [2.45, 2.75) is 13.3 Å². The van der Waals surface area contributed by atoms with Crippen molar-refractivity contribution in [3.63, 3.8) is 0 Å². The van der Waals surface area contributed by atoms with Crippen LogP contribution in [-0.4, -0.2) is 35.8 Å². The Morgan fingerprint density at radius 2 is 2.08 bits per heavy atom. The molecule has 0 fully saturated rings. The molecule has 0 aliphatic rings. The topological polar surface area (TPSA) is 71.5 Å². The first kappa shape index (κ1) is 18.5. The third-order valence-corrected chi connectivity index (χ3v) is 3.72. The van der Waals surface area contributed by atoms with Gasteiger partial charge in [-0.25, -0.2) is 4.98 Å². The second kappa shape index (κ2) is 8.87. The van der Waals surface area contributed by atoms with Crippen LogP contribution in [0.4, 0.5) is 0 Å². The molecule has 24 heavy (non-hydrogen) atoms. The van der Waals surface area contributed by atoms with Gasteiger partial charge in [0, 0.05) is 28.9 Å². The Balaban J connectivity index is 2.45. The zero-order valence-electron chi connectivity index (χ0n) is 13.2. The lowest BCUT2D eigenvalue weighted by Crippen LogP contribution is -2.26. The van der Waals surface area contributed by atoms with Crippen LogP contribution in [0.25, 0.3) is 11.1 Å². The van der Waals surface area contributed by atoms with Crippen LogP contribution in [-0.2, 0) is 0 Å². The first-order valence-corrected chi connectivity index (χ1v) is 8.29. The summed E-state index contributed by atoms with van der Waals surface area (Å²) in [6.45, 7) is 2.53. The summed E-state index contributed by atoms with van der Waals surface area (Å²) in [7, 11) is 0. The van der Waals surface area contributed by atoms with E-state index in [4.69, 9.17) is 33.0 Å². The molecule has 2 rings (SSSR count). The van der Waals surface area contributed by atoms with Gasteiger partial charge in [0.05, 0.1) is 23.8 Å². The minimum Gasteiger partial charge on any atom is -0.477 e. The van der Waals surface area contributed by atoms with Crippen LogP contribution >= 0.6 is 23.2 Å². The summed E-state index contributed by atoms with van der Waals surface area (Å²) in [4.78, 5) is 16.3. The van der Waals surface area contributed by atoms with E-state index in [-0.39, 0.29) is 19.1 Å². The molecule has 1 aromatic heterocycles. The molecule has 0 radical (unpaired) electrons. The van der Waals surface area contributed by atoms with Gasteiger partial charge in [0.25, 0.3) is 5.91 Å². The van der Waals surface area contributed by atoms with Crippen LogP contribution in [0.1, 0.15) is 23.7 Å². The fourth-order valence-corrected chi connectivity index (χ4v) is 2.57. The molecule has 128 valence electrons. The fourth-order valence-electron chi connectivity index (χ4n) is 2.06. The lowest BCUT2D eigenvalue weighted by atomic mass is 10.0. The van der Waals surface area contributed by atoms with E-state index in [0.717, 1.165) is 6.42 Å². The summed E-state index contributed by atoms with van der Waals surface area (Å²) in [6.07, 6.45) is 2.26. The van der Waals surface area contributed by atoms with Gasteiger partial charge in [0.15, 0.2) is 0 Å². The molecule has 1 amide bonds.